The monoisotopic (exact) mass is 443 g/mol. The highest BCUT2D eigenvalue weighted by Gasteiger charge is 2.23. The summed E-state index contributed by atoms with van der Waals surface area (Å²) in [6.45, 7) is 2.23. The van der Waals surface area contributed by atoms with Crippen LogP contribution in [0.2, 0.25) is 0 Å². The highest BCUT2D eigenvalue weighted by atomic mass is 16.5. The molecule has 9 nitrogen and oxygen atoms in total. The Hall–Kier alpha value is -2.81. The standard InChI is InChI=1S/C23H33N5O4/c1-31-19-12-17-18(13-20(19)32-2)26-21(27-22(17)29)14-28-10-8-16(9-11-28)25-23(30)24-15-6-4-3-5-7-15/h12-13,15-16H,3-11,14H2,1-2H3,(H2,24,25,30)(H,26,27,29). The first kappa shape index (κ1) is 22.4. The van der Waals surface area contributed by atoms with E-state index in [0.717, 1.165) is 38.8 Å². The van der Waals surface area contributed by atoms with Gasteiger partial charge in [0.25, 0.3) is 5.56 Å². The van der Waals surface area contributed by atoms with Crippen LogP contribution in [0.3, 0.4) is 0 Å². The number of amides is 2. The molecule has 2 fully saturated rings. The van der Waals surface area contributed by atoms with Gasteiger partial charge in [0, 0.05) is 31.2 Å². The van der Waals surface area contributed by atoms with Crippen LogP contribution in [0.5, 0.6) is 11.5 Å². The summed E-state index contributed by atoms with van der Waals surface area (Å²) in [7, 11) is 3.10. The van der Waals surface area contributed by atoms with Gasteiger partial charge in [0.2, 0.25) is 0 Å². The molecule has 1 aromatic carbocycles. The first-order valence-electron chi connectivity index (χ1n) is 11.5. The summed E-state index contributed by atoms with van der Waals surface area (Å²) < 4.78 is 10.6. The molecule has 0 atom stereocenters. The number of methoxy groups -OCH3 is 2. The van der Waals surface area contributed by atoms with Gasteiger partial charge in [-0.1, -0.05) is 19.3 Å². The van der Waals surface area contributed by atoms with Crippen LogP contribution in [0.4, 0.5) is 4.79 Å². The average molecular weight is 444 g/mol. The van der Waals surface area contributed by atoms with Crippen molar-refractivity contribution in [3.63, 3.8) is 0 Å². The molecule has 1 saturated heterocycles. The molecule has 9 heteroatoms. The van der Waals surface area contributed by atoms with Crippen LogP contribution in [0.25, 0.3) is 10.9 Å². The number of nitrogens with one attached hydrogen (secondary N) is 3. The number of urea groups is 1. The molecule has 1 aliphatic heterocycles. The molecule has 1 saturated carbocycles. The molecule has 2 amide bonds. The van der Waals surface area contributed by atoms with Crippen LogP contribution in [0, 0.1) is 0 Å². The van der Waals surface area contributed by atoms with Gasteiger partial charge in [-0.3, -0.25) is 9.69 Å². The van der Waals surface area contributed by atoms with Crippen LogP contribution in [0.15, 0.2) is 16.9 Å². The van der Waals surface area contributed by atoms with Crippen LogP contribution in [0.1, 0.15) is 50.8 Å². The maximum Gasteiger partial charge on any atom is 0.315 e. The molecular weight excluding hydrogens is 410 g/mol. The van der Waals surface area contributed by atoms with Gasteiger partial charge in [-0.15, -0.1) is 0 Å². The minimum atomic E-state index is -0.193. The fourth-order valence-electron chi connectivity index (χ4n) is 4.70. The predicted molar refractivity (Wildman–Crippen MR) is 122 cm³/mol. The summed E-state index contributed by atoms with van der Waals surface area (Å²) in [6.07, 6.45) is 7.60. The van der Waals surface area contributed by atoms with E-state index in [0.29, 0.717) is 40.8 Å². The molecule has 2 aromatic rings. The molecule has 1 aliphatic carbocycles. The Labute approximate surface area is 187 Å². The topological polar surface area (TPSA) is 109 Å². The van der Waals surface area contributed by atoms with Gasteiger partial charge in [-0.05, 0) is 31.7 Å². The van der Waals surface area contributed by atoms with Gasteiger partial charge in [0.05, 0.1) is 31.7 Å². The third kappa shape index (κ3) is 5.32. The number of fused-ring (bicyclic) bond motifs is 1. The second-order valence-electron chi connectivity index (χ2n) is 8.74. The number of aromatic nitrogens is 2. The van der Waals surface area contributed by atoms with E-state index in [1.165, 1.54) is 26.4 Å². The van der Waals surface area contributed by atoms with Gasteiger partial charge in [-0.25, -0.2) is 9.78 Å². The number of ether oxygens (including phenoxy) is 2. The summed E-state index contributed by atoms with van der Waals surface area (Å²) in [6, 6.07) is 3.83. The number of carbonyl (C=O) groups is 1. The molecule has 32 heavy (non-hydrogen) atoms. The lowest BCUT2D eigenvalue weighted by Crippen LogP contribution is -2.50. The Balaban J connectivity index is 1.32. The van der Waals surface area contributed by atoms with E-state index in [1.54, 1.807) is 19.2 Å². The second kappa shape index (κ2) is 10.2. The molecular formula is C23H33N5O4. The smallest absolute Gasteiger partial charge is 0.315 e. The first-order valence-corrected chi connectivity index (χ1v) is 11.5. The number of hydrogen-bond acceptors (Lipinski definition) is 6. The molecule has 2 heterocycles. The average Bonchev–Trinajstić information content (AvgIpc) is 2.80. The predicted octanol–water partition coefficient (Wildman–Crippen LogP) is 2.54. The van der Waals surface area contributed by atoms with E-state index >= 15 is 0 Å². The Morgan fingerprint density at radius 3 is 2.31 bits per heavy atom. The molecule has 2 aliphatic rings. The molecule has 1 aromatic heterocycles. The van der Waals surface area contributed by atoms with Crippen molar-refractivity contribution in [1.29, 1.82) is 0 Å². The quantitative estimate of drug-likeness (QED) is 0.633. The Bertz CT molecular complexity index is 994. The Morgan fingerprint density at radius 1 is 1.03 bits per heavy atom. The number of piperidine rings is 1. The van der Waals surface area contributed by atoms with Gasteiger partial charge >= 0.3 is 6.03 Å². The third-order valence-corrected chi connectivity index (χ3v) is 6.50. The van der Waals surface area contributed by atoms with E-state index in [-0.39, 0.29) is 17.6 Å². The molecule has 4 rings (SSSR count). The van der Waals surface area contributed by atoms with Crippen molar-refractivity contribution >= 4 is 16.9 Å². The van der Waals surface area contributed by atoms with Gasteiger partial charge in [0.1, 0.15) is 5.82 Å². The van der Waals surface area contributed by atoms with Crippen LogP contribution < -0.4 is 25.7 Å². The van der Waals surface area contributed by atoms with Crippen molar-refractivity contribution < 1.29 is 14.3 Å². The SMILES string of the molecule is COc1cc2nc(CN3CCC(NC(=O)NC4CCCCC4)CC3)[nH]c(=O)c2cc1OC. The summed E-state index contributed by atoms with van der Waals surface area (Å²) >= 11 is 0. The van der Waals surface area contributed by atoms with Crippen molar-refractivity contribution in [3.8, 4) is 11.5 Å². The van der Waals surface area contributed by atoms with Crippen molar-refractivity contribution in [2.75, 3.05) is 27.3 Å². The van der Waals surface area contributed by atoms with Crippen molar-refractivity contribution in [1.82, 2.24) is 25.5 Å². The number of likely N-dealkylation sites (tertiary alicyclic amines) is 1. The van der Waals surface area contributed by atoms with E-state index in [2.05, 4.69) is 25.5 Å². The van der Waals surface area contributed by atoms with E-state index < -0.39 is 0 Å². The maximum absolute atomic E-state index is 12.6. The number of benzene rings is 1. The lowest BCUT2D eigenvalue weighted by atomic mass is 9.96. The summed E-state index contributed by atoms with van der Waals surface area (Å²) in [5.41, 5.74) is 0.388. The number of carbonyl (C=O) groups excluding carboxylic acids is 1. The van der Waals surface area contributed by atoms with E-state index in [9.17, 15) is 9.59 Å². The van der Waals surface area contributed by atoms with Gasteiger partial charge < -0.3 is 25.1 Å². The maximum atomic E-state index is 12.6. The van der Waals surface area contributed by atoms with Crippen molar-refractivity contribution in [3.05, 3.63) is 28.3 Å². The number of nitrogens with zero attached hydrogens (tertiary/aromatic N) is 2. The summed E-state index contributed by atoms with van der Waals surface area (Å²) in [5, 5.41) is 6.73. The normalized spacial score (nSPS) is 18.4. The highest BCUT2D eigenvalue weighted by molar-refractivity contribution is 5.81. The van der Waals surface area contributed by atoms with Crippen molar-refractivity contribution in [2.45, 2.75) is 63.6 Å². The molecule has 0 radical (unpaired) electrons. The van der Waals surface area contributed by atoms with E-state index in [1.807, 2.05) is 0 Å². The summed E-state index contributed by atoms with van der Waals surface area (Å²) in [4.78, 5) is 34.7. The van der Waals surface area contributed by atoms with E-state index in [4.69, 9.17) is 9.47 Å². The van der Waals surface area contributed by atoms with Gasteiger partial charge in [0.15, 0.2) is 11.5 Å². The van der Waals surface area contributed by atoms with Crippen LogP contribution in [-0.2, 0) is 6.54 Å². The highest BCUT2D eigenvalue weighted by Crippen LogP contribution is 2.30. The minimum absolute atomic E-state index is 0.0414. The largest absolute Gasteiger partial charge is 0.493 e. The Kier molecular flexibility index (Phi) is 7.14. The van der Waals surface area contributed by atoms with Crippen LogP contribution >= 0.6 is 0 Å². The zero-order valence-corrected chi connectivity index (χ0v) is 18.9. The third-order valence-electron chi connectivity index (χ3n) is 6.50. The van der Waals surface area contributed by atoms with Gasteiger partial charge in [-0.2, -0.15) is 0 Å². The van der Waals surface area contributed by atoms with Crippen molar-refractivity contribution in [2.24, 2.45) is 0 Å². The molecule has 0 bridgehead atoms. The zero-order valence-electron chi connectivity index (χ0n) is 18.9. The first-order chi connectivity index (χ1) is 15.6. The number of H-pyrrole nitrogens is 1. The Morgan fingerprint density at radius 2 is 1.66 bits per heavy atom. The zero-order chi connectivity index (χ0) is 22.5. The lowest BCUT2D eigenvalue weighted by Gasteiger charge is -2.32. The molecule has 3 N–H and O–H groups in total. The molecule has 174 valence electrons. The molecule has 0 unspecified atom stereocenters. The number of hydrogen-bond donors (Lipinski definition) is 3. The summed E-state index contributed by atoms with van der Waals surface area (Å²) in [5.74, 6) is 1.67. The minimum Gasteiger partial charge on any atom is -0.493 e. The fourth-order valence-corrected chi connectivity index (χ4v) is 4.70. The molecule has 0 spiro atoms. The number of rotatable bonds is 6. The van der Waals surface area contributed by atoms with Crippen LogP contribution in [-0.4, -0.2) is 60.3 Å². The number of aromatic amines is 1. The fraction of sp³-hybridized carbons (Fsp3) is 0.609. The lowest BCUT2D eigenvalue weighted by molar-refractivity contribution is 0.181. The second-order valence-corrected chi connectivity index (χ2v) is 8.74.